The SMILES string of the molecule is CC(C)CCCCCCCCCCCCC(=O)OC[C@H](O)CO[C@H]1O[C@H](COC(=O)CCCCCCCCCCCCC(C)C)[C@@H](O)[C@H](O[C@H]2O[C@H](CO)[C@@H](O)[C@H](O)[C@@H]2O)[C@@H]1O. The number of esters is 2. The van der Waals surface area contributed by atoms with Crippen molar-refractivity contribution in [3.63, 3.8) is 0 Å². The Hall–Kier alpha value is -1.50. The highest BCUT2D eigenvalue weighted by Crippen LogP contribution is 2.30. The quantitative estimate of drug-likeness (QED) is 0.0293. The molecule has 0 bridgehead atoms. The fourth-order valence-electron chi connectivity index (χ4n) is 7.91. The first-order valence-electron chi connectivity index (χ1n) is 24.3. The molecule has 15 heteroatoms. The molecule has 0 aromatic heterocycles. The molecule has 2 aliphatic rings. The summed E-state index contributed by atoms with van der Waals surface area (Å²) >= 11 is 0. The second-order valence-electron chi connectivity index (χ2n) is 18.6. The van der Waals surface area contributed by atoms with E-state index in [-0.39, 0.29) is 19.4 Å². The van der Waals surface area contributed by atoms with Crippen LogP contribution in [0.5, 0.6) is 0 Å². The van der Waals surface area contributed by atoms with Gasteiger partial charge in [0.1, 0.15) is 68.1 Å². The number of unbranched alkanes of at least 4 members (excludes halogenated alkanes) is 18. The largest absolute Gasteiger partial charge is 0.463 e. The van der Waals surface area contributed by atoms with Crippen LogP contribution in [0.4, 0.5) is 0 Å². The average Bonchev–Trinajstić information content (AvgIpc) is 3.24. The first-order valence-corrected chi connectivity index (χ1v) is 24.3. The summed E-state index contributed by atoms with van der Waals surface area (Å²) in [6, 6.07) is 0. The van der Waals surface area contributed by atoms with Gasteiger partial charge in [-0.1, -0.05) is 156 Å². The van der Waals surface area contributed by atoms with Crippen molar-refractivity contribution >= 4 is 11.9 Å². The fraction of sp³-hybridized carbons (Fsp3) is 0.957. The molecule has 0 radical (unpaired) electrons. The minimum Gasteiger partial charge on any atom is -0.463 e. The van der Waals surface area contributed by atoms with Crippen molar-refractivity contribution in [1.82, 2.24) is 0 Å². The lowest BCUT2D eigenvalue weighted by molar-refractivity contribution is -0.361. The van der Waals surface area contributed by atoms with Crippen molar-refractivity contribution in [1.29, 1.82) is 0 Å². The van der Waals surface area contributed by atoms with Gasteiger partial charge in [-0.25, -0.2) is 0 Å². The summed E-state index contributed by atoms with van der Waals surface area (Å²) in [6.45, 7) is 7.05. The molecule has 0 amide bonds. The number of carbonyl (C=O) groups excluding carboxylic acids is 2. The van der Waals surface area contributed by atoms with Gasteiger partial charge in [-0.3, -0.25) is 9.59 Å². The third-order valence-corrected chi connectivity index (χ3v) is 11.9. The Bertz CT molecular complexity index is 1130. The van der Waals surface area contributed by atoms with Gasteiger partial charge in [-0.15, -0.1) is 0 Å². The van der Waals surface area contributed by atoms with Crippen molar-refractivity contribution in [3.8, 4) is 0 Å². The zero-order valence-corrected chi connectivity index (χ0v) is 38.7. The maximum Gasteiger partial charge on any atom is 0.305 e. The second-order valence-corrected chi connectivity index (χ2v) is 18.6. The number of ether oxygens (including phenoxy) is 6. The molecule has 366 valence electrons. The Balaban J connectivity index is 1.79. The monoisotopic (exact) mass is 893 g/mol. The zero-order valence-electron chi connectivity index (χ0n) is 38.7. The predicted octanol–water partition coefficient (Wildman–Crippen LogP) is 5.76. The van der Waals surface area contributed by atoms with Crippen LogP contribution < -0.4 is 0 Å². The van der Waals surface area contributed by atoms with Gasteiger partial charge in [-0.2, -0.15) is 0 Å². The number of aliphatic hydroxyl groups excluding tert-OH is 7. The molecule has 62 heavy (non-hydrogen) atoms. The van der Waals surface area contributed by atoms with Crippen LogP contribution in [-0.2, 0) is 38.0 Å². The average molecular weight is 893 g/mol. The first-order chi connectivity index (χ1) is 29.7. The van der Waals surface area contributed by atoms with Crippen LogP contribution in [0.2, 0.25) is 0 Å². The summed E-state index contributed by atoms with van der Waals surface area (Å²) in [5, 5.41) is 73.7. The third-order valence-electron chi connectivity index (χ3n) is 11.9. The molecule has 0 spiro atoms. The Morgan fingerprint density at radius 2 is 0.935 bits per heavy atom. The Morgan fingerprint density at radius 3 is 1.40 bits per heavy atom. The lowest BCUT2D eigenvalue weighted by Gasteiger charge is -2.46. The molecule has 11 atom stereocenters. The van der Waals surface area contributed by atoms with E-state index in [1.54, 1.807) is 0 Å². The number of hydrogen-bond acceptors (Lipinski definition) is 15. The molecule has 0 unspecified atom stereocenters. The Morgan fingerprint density at radius 1 is 0.500 bits per heavy atom. The summed E-state index contributed by atoms with van der Waals surface area (Å²) in [6.07, 6.45) is 8.05. The van der Waals surface area contributed by atoms with Crippen LogP contribution in [-0.4, -0.2) is 142 Å². The molecule has 0 aromatic rings. The molecule has 2 aliphatic heterocycles. The van der Waals surface area contributed by atoms with E-state index in [2.05, 4.69) is 27.7 Å². The number of carbonyl (C=O) groups is 2. The van der Waals surface area contributed by atoms with Gasteiger partial charge in [0.15, 0.2) is 12.6 Å². The maximum absolute atomic E-state index is 12.7. The molecule has 0 aromatic carbocycles. The minimum atomic E-state index is -1.83. The van der Waals surface area contributed by atoms with Crippen molar-refractivity contribution < 1.29 is 73.8 Å². The first kappa shape index (κ1) is 56.6. The number of hydrogen-bond donors (Lipinski definition) is 7. The molecule has 2 rings (SSSR count). The number of aliphatic hydroxyl groups is 7. The predicted molar refractivity (Wildman–Crippen MR) is 234 cm³/mol. The molecule has 0 aliphatic carbocycles. The summed E-state index contributed by atoms with van der Waals surface area (Å²) in [7, 11) is 0. The lowest BCUT2D eigenvalue weighted by Crippen LogP contribution is -2.65. The molecule has 2 fully saturated rings. The zero-order chi connectivity index (χ0) is 45.7. The van der Waals surface area contributed by atoms with Crippen LogP contribution in [0.25, 0.3) is 0 Å². The van der Waals surface area contributed by atoms with E-state index in [4.69, 9.17) is 28.4 Å². The van der Waals surface area contributed by atoms with Crippen LogP contribution in [0.15, 0.2) is 0 Å². The Kier molecular flexibility index (Phi) is 31.0. The molecular weight excluding hydrogens is 805 g/mol. The van der Waals surface area contributed by atoms with Gasteiger partial charge in [0.05, 0.1) is 13.2 Å². The summed E-state index contributed by atoms with van der Waals surface area (Å²) in [5.74, 6) is 0.585. The fourth-order valence-corrected chi connectivity index (χ4v) is 7.91. The van der Waals surface area contributed by atoms with E-state index in [0.29, 0.717) is 12.8 Å². The van der Waals surface area contributed by atoms with Gasteiger partial charge in [0, 0.05) is 12.8 Å². The molecule has 2 saturated heterocycles. The normalized spacial score (nSPS) is 27.2. The van der Waals surface area contributed by atoms with E-state index in [1.165, 1.54) is 89.9 Å². The van der Waals surface area contributed by atoms with Gasteiger partial charge in [-0.05, 0) is 24.7 Å². The molecule has 15 nitrogen and oxygen atoms in total. The van der Waals surface area contributed by atoms with Gasteiger partial charge >= 0.3 is 11.9 Å². The highest BCUT2D eigenvalue weighted by Gasteiger charge is 2.51. The molecule has 7 N–H and O–H groups in total. The molecule has 2 heterocycles. The highest BCUT2D eigenvalue weighted by molar-refractivity contribution is 5.69. The van der Waals surface area contributed by atoms with E-state index >= 15 is 0 Å². The van der Waals surface area contributed by atoms with Crippen LogP contribution in [0, 0.1) is 11.8 Å². The summed E-state index contributed by atoms with van der Waals surface area (Å²) in [5.41, 5.74) is 0. The lowest BCUT2D eigenvalue weighted by atomic mass is 9.97. The highest BCUT2D eigenvalue weighted by atomic mass is 16.7. The van der Waals surface area contributed by atoms with Crippen LogP contribution >= 0.6 is 0 Å². The van der Waals surface area contributed by atoms with Crippen molar-refractivity contribution in [2.75, 3.05) is 26.4 Å². The van der Waals surface area contributed by atoms with E-state index < -0.39 is 99.3 Å². The summed E-state index contributed by atoms with van der Waals surface area (Å²) < 4.78 is 33.3. The standard InChI is InChI=1S/C47H88O15/c1-33(2)25-21-17-13-9-5-7-11-15-19-23-27-38(50)57-30-35(49)31-59-46-44(56)45(62-47-43(55)42(54)40(52)36(29-48)60-47)41(53)37(61-46)32-58-39(51)28-24-20-16-12-8-6-10-14-18-22-26-34(3)4/h33-37,40-49,52-56H,5-32H2,1-4H3/t35-,36+,37+,40+,41+,42-,43-,44-,45-,46-,47+/m0/s1. The van der Waals surface area contributed by atoms with E-state index in [9.17, 15) is 45.3 Å². The molecule has 0 saturated carbocycles. The van der Waals surface area contributed by atoms with Gasteiger partial charge in [0.25, 0.3) is 0 Å². The van der Waals surface area contributed by atoms with Crippen molar-refractivity contribution in [2.24, 2.45) is 11.8 Å². The number of rotatable bonds is 36. The Labute approximate surface area is 372 Å². The van der Waals surface area contributed by atoms with Gasteiger partial charge in [0.2, 0.25) is 0 Å². The third kappa shape index (κ3) is 24.1. The van der Waals surface area contributed by atoms with E-state index in [0.717, 1.165) is 50.4 Å². The second kappa shape index (κ2) is 33.9. The van der Waals surface area contributed by atoms with Gasteiger partial charge < -0.3 is 64.2 Å². The topological polar surface area (TPSA) is 231 Å². The van der Waals surface area contributed by atoms with Crippen molar-refractivity contribution in [3.05, 3.63) is 0 Å². The maximum atomic E-state index is 12.7. The molecular formula is C47H88O15. The van der Waals surface area contributed by atoms with Crippen molar-refractivity contribution in [2.45, 2.75) is 249 Å². The van der Waals surface area contributed by atoms with Crippen LogP contribution in [0.3, 0.4) is 0 Å². The van der Waals surface area contributed by atoms with E-state index in [1.807, 2.05) is 0 Å². The smallest absolute Gasteiger partial charge is 0.305 e. The summed E-state index contributed by atoms with van der Waals surface area (Å²) in [4.78, 5) is 25.0. The van der Waals surface area contributed by atoms with Crippen LogP contribution in [0.1, 0.15) is 182 Å². The minimum absolute atomic E-state index is 0.162.